The van der Waals surface area contributed by atoms with Crippen LogP contribution in [0.25, 0.3) is 0 Å². The molecule has 2 aliphatic rings. The lowest BCUT2D eigenvalue weighted by molar-refractivity contribution is -0.173. The minimum atomic E-state index is -4.49. The van der Waals surface area contributed by atoms with Crippen LogP contribution in [0.4, 0.5) is 19.0 Å². The van der Waals surface area contributed by atoms with Gasteiger partial charge in [-0.1, -0.05) is 23.7 Å². The lowest BCUT2D eigenvalue weighted by atomic mass is 9.97. The van der Waals surface area contributed by atoms with Gasteiger partial charge in [0.1, 0.15) is 5.82 Å². The average molecular weight is 415 g/mol. The number of nitrogens with zero attached hydrogens (tertiary/aromatic N) is 3. The summed E-state index contributed by atoms with van der Waals surface area (Å²) in [7, 11) is 0. The van der Waals surface area contributed by atoms with E-state index in [-0.39, 0.29) is 17.9 Å². The first-order valence-corrected chi connectivity index (χ1v) is 9.26. The molecule has 150 valence electrons. The van der Waals surface area contributed by atoms with Crippen molar-refractivity contribution in [3.8, 4) is 0 Å². The Hall–Kier alpha value is -2.26. The van der Waals surface area contributed by atoms with Crippen LogP contribution in [0.15, 0.2) is 30.3 Å². The molecule has 2 atom stereocenters. The van der Waals surface area contributed by atoms with Crippen molar-refractivity contribution < 1.29 is 22.7 Å². The first-order chi connectivity index (χ1) is 13.3. The molecule has 1 fully saturated rings. The topological polar surface area (TPSA) is 59.4 Å². The van der Waals surface area contributed by atoms with E-state index in [0.29, 0.717) is 36.9 Å². The maximum absolute atomic E-state index is 13.7. The van der Waals surface area contributed by atoms with Gasteiger partial charge < -0.3 is 15.0 Å². The average Bonchev–Trinajstić information content (AvgIpc) is 3.11. The molecule has 10 heteroatoms. The second-order valence-corrected chi connectivity index (χ2v) is 7.24. The molecule has 0 radical (unpaired) electrons. The van der Waals surface area contributed by atoms with E-state index in [1.54, 1.807) is 24.3 Å². The molecule has 1 aromatic heterocycles. The summed E-state index contributed by atoms with van der Waals surface area (Å²) in [5.74, 6) is -0.221. The van der Waals surface area contributed by atoms with Crippen LogP contribution in [0.5, 0.6) is 0 Å². The number of carbonyl (C=O) groups is 1. The van der Waals surface area contributed by atoms with Gasteiger partial charge in [0.2, 0.25) is 0 Å². The molecule has 4 rings (SSSR count). The zero-order valence-corrected chi connectivity index (χ0v) is 15.5. The number of hydrogen-bond acceptors (Lipinski definition) is 4. The molecule has 0 spiro atoms. The summed E-state index contributed by atoms with van der Waals surface area (Å²) < 4.78 is 47.2. The Morgan fingerprint density at radius 1 is 1.21 bits per heavy atom. The Bertz CT molecular complexity index is 863. The molecule has 1 amide bonds. The molecule has 28 heavy (non-hydrogen) atoms. The molecule has 0 saturated carbocycles. The smallest absolute Gasteiger partial charge is 0.378 e. The summed E-state index contributed by atoms with van der Waals surface area (Å²) in [5, 5.41) is 7.58. The number of halogens is 4. The number of anilines is 1. The fraction of sp³-hybridized carbons (Fsp3) is 0.444. The lowest BCUT2D eigenvalue weighted by Crippen LogP contribution is -2.41. The van der Waals surface area contributed by atoms with E-state index >= 15 is 0 Å². The van der Waals surface area contributed by atoms with E-state index in [4.69, 9.17) is 16.3 Å². The highest BCUT2D eigenvalue weighted by atomic mass is 35.5. The van der Waals surface area contributed by atoms with Crippen molar-refractivity contribution >= 4 is 23.3 Å². The van der Waals surface area contributed by atoms with Gasteiger partial charge in [0, 0.05) is 30.6 Å². The van der Waals surface area contributed by atoms with Crippen LogP contribution in [0.1, 0.15) is 34.6 Å². The largest absolute Gasteiger partial charge is 0.410 e. The van der Waals surface area contributed by atoms with Crippen LogP contribution in [0, 0.1) is 0 Å². The molecule has 2 aliphatic heterocycles. The second-order valence-electron chi connectivity index (χ2n) is 6.81. The summed E-state index contributed by atoms with van der Waals surface area (Å²) in [6.45, 7) is 1.60. The van der Waals surface area contributed by atoms with Crippen molar-refractivity contribution in [1.82, 2.24) is 14.7 Å². The summed E-state index contributed by atoms with van der Waals surface area (Å²) in [6, 6.07) is 5.66. The first-order valence-electron chi connectivity index (χ1n) is 8.88. The molecule has 1 saturated heterocycles. The van der Waals surface area contributed by atoms with Crippen molar-refractivity contribution in [3.63, 3.8) is 0 Å². The molecule has 6 nitrogen and oxygen atoms in total. The van der Waals surface area contributed by atoms with E-state index in [9.17, 15) is 18.0 Å². The van der Waals surface area contributed by atoms with E-state index < -0.39 is 24.2 Å². The predicted molar refractivity (Wildman–Crippen MR) is 96.5 cm³/mol. The van der Waals surface area contributed by atoms with E-state index in [1.807, 2.05) is 0 Å². The SMILES string of the molecule is O=C(c1cc2n(n1)C(C(F)(F)F)CC(c1ccc(Cl)cc1)N2)N1CCOCC1. The summed E-state index contributed by atoms with van der Waals surface area (Å²) in [6.07, 6.45) is -4.72. The van der Waals surface area contributed by atoms with Gasteiger partial charge in [-0.15, -0.1) is 0 Å². The van der Waals surface area contributed by atoms with Crippen LogP contribution in [0.2, 0.25) is 5.02 Å². The van der Waals surface area contributed by atoms with Crippen molar-refractivity contribution in [2.75, 3.05) is 31.6 Å². The number of rotatable bonds is 2. The molecular weight excluding hydrogens is 397 g/mol. The molecule has 2 aromatic rings. The highest BCUT2D eigenvalue weighted by Gasteiger charge is 2.47. The number of aromatic nitrogens is 2. The highest BCUT2D eigenvalue weighted by molar-refractivity contribution is 6.30. The van der Waals surface area contributed by atoms with E-state index in [0.717, 1.165) is 4.68 Å². The maximum Gasteiger partial charge on any atom is 0.410 e. The van der Waals surface area contributed by atoms with Gasteiger partial charge in [-0.05, 0) is 17.7 Å². The standard InChI is InChI=1S/C18H18ClF3N4O2/c19-12-3-1-11(2-4-12)13-9-15(18(20,21)22)26-16(23-13)10-14(24-26)17(27)25-5-7-28-8-6-25/h1-4,10,13,15,23H,5-9H2. The van der Waals surface area contributed by atoms with Crippen molar-refractivity contribution in [2.24, 2.45) is 0 Å². The number of nitrogens with one attached hydrogen (secondary N) is 1. The van der Waals surface area contributed by atoms with Crippen LogP contribution >= 0.6 is 11.6 Å². The second kappa shape index (κ2) is 7.29. The number of fused-ring (bicyclic) bond motifs is 1. The monoisotopic (exact) mass is 414 g/mol. The number of ether oxygens (including phenoxy) is 1. The van der Waals surface area contributed by atoms with Gasteiger partial charge in [0.15, 0.2) is 11.7 Å². The van der Waals surface area contributed by atoms with Gasteiger partial charge in [0.05, 0.1) is 19.3 Å². The third kappa shape index (κ3) is 3.68. The number of benzene rings is 1. The van der Waals surface area contributed by atoms with Crippen LogP contribution in [-0.4, -0.2) is 53.1 Å². The van der Waals surface area contributed by atoms with Gasteiger partial charge >= 0.3 is 6.18 Å². The summed E-state index contributed by atoms with van der Waals surface area (Å²) in [4.78, 5) is 14.2. The molecular formula is C18H18ClF3N4O2. The number of hydrogen-bond donors (Lipinski definition) is 1. The number of amides is 1. The zero-order valence-electron chi connectivity index (χ0n) is 14.7. The molecule has 1 N–H and O–H groups in total. The minimum Gasteiger partial charge on any atom is -0.378 e. The van der Waals surface area contributed by atoms with Crippen LogP contribution < -0.4 is 5.32 Å². The fourth-order valence-electron chi connectivity index (χ4n) is 3.52. The number of alkyl halides is 3. The number of carbonyl (C=O) groups excluding carboxylic acids is 1. The van der Waals surface area contributed by atoms with Gasteiger partial charge in [-0.2, -0.15) is 18.3 Å². The molecule has 1 aromatic carbocycles. The lowest BCUT2D eigenvalue weighted by Gasteiger charge is -2.33. The number of morpholine rings is 1. The third-order valence-corrected chi connectivity index (χ3v) is 5.23. The minimum absolute atomic E-state index is 0.00425. The zero-order chi connectivity index (χ0) is 19.9. The van der Waals surface area contributed by atoms with Gasteiger partial charge in [-0.25, -0.2) is 4.68 Å². The first kappa shape index (κ1) is 19.1. The Morgan fingerprint density at radius 3 is 2.54 bits per heavy atom. The Morgan fingerprint density at radius 2 is 1.89 bits per heavy atom. The van der Waals surface area contributed by atoms with Crippen LogP contribution in [0.3, 0.4) is 0 Å². The molecule has 0 bridgehead atoms. The molecule has 0 aliphatic carbocycles. The predicted octanol–water partition coefficient (Wildman–Crippen LogP) is 3.67. The van der Waals surface area contributed by atoms with Gasteiger partial charge in [0.25, 0.3) is 5.91 Å². The Balaban J connectivity index is 1.65. The third-order valence-electron chi connectivity index (χ3n) is 4.98. The van der Waals surface area contributed by atoms with Crippen molar-refractivity contribution in [2.45, 2.75) is 24.7 Å². The summed E-state index contributed by atoms with van der Waals surface area (Å²) >= 11 is 5.88. The van der Waals surface area contributed by atoms with Crippen molar-refractivity contribution in [1.29, 1.82) is 0 Å². The van der Waals surface area contributed by atoms with Gasteiger partial charge in [-0.3, -0.25) is 4.79 Å². The molecule has 3 heterocycles. The quantitative estimate of drug-likeness (QED) is 0.814. The molecule has 2 unspecified atom stereocenters. The normalized spacial score (nSPS) is 22.5. The maximum atomic E-state index is 13.7. The Kier molecular flexibility index (Phi) is 4.96. The highest BCUT2D eigenvalue weighted by Crippen LogP contribution is 2.43. The van der Waals surface area contributed by atoms with E-state index in [1.165, 1.54) is 11.0 Å². The van der Waals surface area contributed by atoms with Crippen LogP contribution in [-0.2, 0) is 4.74 Å². The fourth-order valence-corrected chi connectivity index (χ4v) is 3.65. The summed E-state index contributed by atoms with van der Waals surface area (Å²) in [5.41, 5.74) is 0.683. The van der Waals surface area contributed by atoms with E-state index in [2.05, 4.69) is 10.4 Å². The van der Waals surface area contributed by atoms with Crippen molar-refractivity contribution in [3.05, 3.63) is 46.6 Å². The Labute approximate surface area is 164 Å².